The zero-order valence-electron chi connectivity index (χ0n) is 6.08. The Morgan fingerprint density at radius 3 is 2.82 bits per heavy atom. The van der Waals surface area contributed by atoms with Crippen LogP contribution in [-0.4, -0.2) is 10.9 Å². The first kappa shape index (κ1) is 8.27. The molecule has 0 fully saturated rings. The smallest absolute Gasteiger partial charge is 0.0837 e. The number of benzene rings is 1. The van der Waals surface area contributed by atoms with Gasteiger partial charge in [-0.2, -0.15) is 0 Å². The summed E-state index contributed by atoms with van der Waals surface area (Å²) >= 11 is 3.32. The summed E-state index contributed by atoms with van der Waals surface area (Å²) in [7, 11) is 0. The van der Waals surface area contributed by atoms with E-state index < -0.39 is 0 Å². The third kappa shape index (κ3) is 2.05. The molecule has 0 unspecified atom stereocenters. The maximum absolute atomic E-state index is 8.45. The van der Waals surface area contributed by atoms with Gasteiger partial charge in [0.25, 0.3) is 0 Å². The van der Waals surface area contributed by atoms with E-state index in [2.05, 4.69) is 21.1 Å². The van der Waals surface area contributed by atoms with Crippen molar-refractivity contribution in [3.63, 3.8) is 0 Å². The van der Waals surface area contributed by atoms with Gasteiger partial charge in [0, 0.05) is 10.0 Å². The van der Waals surface area contributed by atoms with Gasteiger partial charge in [0.1, 0.15) is 0 Å². The fraction of sp³-hybridized carbons (Fsp3) is 0.125. The summed E-state index contributed by atoms with van der Waals surface area (Å²) in [5.41, 5.74) is 1.54. The molecule has 0 atom stereocenters. The molecular weight excluding hydrogens is 206 g/mol. The van der Waals surface area contributed by atoms with Gasteiger partial charge in [0.05, 0.1) is 5.71 Å². The van der Waals surface area contributed by atoms with E-state index in [1.165, 1.54) is 0 Å². The molecule has 1 rings (SSSR count). The third-order valence-corrected chi connectivity index (χ3v) is 1.89. The van der Waals surface area contributed by atoms with E-state index in [4.69, 9.17) is 5.21 Å². The van der Waals surface area contributed by atoms with Gasteiger partial charge in [-0.1, -0.05) is 33.2 Å². The van der Waals surface area contributed by atoms with Crippen LogP contribution in [0.5, 0.6) is 0 Å². The highest BCUT2D eigenvalue weighted by molar-refractivity contribution is 9.10. The molecular formula is C8H8BrNO. The summed E-state index contributed by atoms with van der Waals surface area (Å²) in [5.74, 6) is 0. The van der Waals surface area contributed by atoms with Crippen molar-refractivity contribution in [3.8, 4) is 0 Å². The summed E-state index contributed by atoms with van der Waals surface area (Å²) in [4.78, 5) is 0. The van der Waals surface area contributed by atoms with Gasteiger partial charge in [-0.25, -0.2) is 0 Å². The lowest BCUT2D eigenvalue weighted by molar-refractivity contribution is 0.319. The summed E-state index contributed by atoms with van der Waals surface area (Å²) in [5, 5.41) is 11.5. The highest BCUT2D eigenvalue weighted by atomic mass is 79.9. The number of rotatable bonds is 1. The summed E-state index contributed by atoms with van der Waals surface area (Å²) in [6.07, 6.45) is 0. The van der Waals surface area contributed by atoms with Crippen LogP contribution < -0.4 is 0 Å². The molecule has 2 nitrogen and oxygen atoms in total. The first-order valence-electron chi connectivity index (χ1n) is 3.18. The Balaban J connectivity index is 3.06. The normalized spacial score (nSPS) is 11.6. The molecule has 0 amide bonds. The molecule has 1 N–H and O–H groups in total. The number of oxime groups is 1. The van der Waals surface area contributed by atoms with Crippen LogP contribution in [0.15, 0.2) is 33.9 Å². The molecule has 3 heteroatoms. The highest BCUT2D eigenvalue weighted by Gasteiger charge is 1.96. The van der Waals surface area contributed by atoms with E-state index in [1.54, 1.807) is 6.92 Å². The Kier molecular flexibility index (Phi) is 2.65. The van der Waals surface area contributed by atoms with Crippen molar-refractivity contribution in [1.29, 1.82) is 0 Å². The molecule has 0 radical (unpaired) electrons. The zero-order chi connectivity index (χ0) is 8.27. The Bertz CT molecular complexity index is 283. The summed E-state index contributed by atoms with van der Waals surface area (Å²) in [6, 6.07) is 7.61. The summed E-state index contributed by atoms with van der Waals surface area (Å²) in [6.45, 7) is 1.75. The largest absolute Gasteiger partial charge is 0.411 e. The highest BCUT2D eigenvalue weighted by Crippen LogP contribution is 2.11. The van der Waals surface area contributed by atoms with Gasteiger partial charge in [0.15, 0.2) is 0 Å². The SMILES string of the molecule is C/C(=N/O)c1cccc(Br)c1. The van der Waals surface area contributed by atoms with Gasteiger partial charge in [0.2, 0.25) is 0 Å². The second-order valence-corrected chi connectivity index (χ2v) is 3.11. The number of halogens is 1. The minimum Gasteiger partial charge on any atom is -0.411 e. The topological polar surface area (TPSA) is 32.6 Å². The predicted octanol–water partition coefficient (Wildman–Crippen LogP) is 2.65. The third-order valence-electron chi connectivity index (χ3n) is 1.39. The molecule has 1 aromatic rings. The van der Waals surface area contributed by atoms with Crippen LogP contribution in [0.1, 0.15) is 12.5 Å². The molecule has 0 bridgehead atoms. The lowest BCUT2D eigenvalue weighted by Crippen LogP contribution is -1.92. The number of nitrogens with zero attached hydrogens (tertiary/aromatic N) is 1. The van der Waals surface area contributed by atoms with Crippen LogP contribution in [0.2, 0.25) is 0 Å². The van der Waals surface area contributed by atoms with Crippen molar-refractivity contribution < 1.29 is 5.21 Å². The average Bonchev–Trinajstić information content (AvgIpc) is 2.03. The van der Waals surface area contributed by atoms with Crippen LogP contribution in [0.3, 0.4) is 0 Å². The minimum atomic E-state index is 0.617. The van der Waals surface area contributed by atoms with Crippen LogP contribution in [0, 0.1) is 0 Å². The van der Waals surface area contributed by atoms with E-state index in [9.17, 15) is 0 Å². The fourth-order valence-corrected chi connectivity index (χ4v) is 1.17. The van der Waals surface area contributed by atoms with Gasteiger partial charge in [-0.3, -0.25) is 0 Å². The molecule has 0 saturated heterocycles. The molecule has 0 aliphatic heterocycles. The van der Waals surface area contributed by atoms with Crippen LogP contribution in [0.4, 0.5) is 0 Å². The van der Waals surface area contributed by atoms with Gasteiger partial charge >= 0.3 is 0 Å². The van der Waals surface area contributed by atoms with Crippen molar-refractivity contribution >= 4 is 21.6 Å². The van der Waals surface area contributed by atoms with Crippen LogP contribution in [-0.2, 0) is 0 Å². The molecule has 58 valence electrons. The first-order valence-corrected chi connectivity index (χ1v) is 3.98. The standard InChI is InChI=1S/C8H8BrNO/c1-6(10-11)7-3-2-4-8(9)5-7/h2-5,11H,1H3/b10-6-. The molecule has 0 aromatic heterocycles. The van der Waals surface area contributed by atoms with Gasteiger partial charge in [-0.15, -0.1) is 0 Å². The van der Waals surface area contributed by atoms with E-state index in [0.717, 1.165) is 10.0 Å². The monoisotopic (exact) mass is 213 g/mol. The molecule has 0 aliphatic rings. The van der Waals surface area contributed by atoms with Crippen LogP contribution >= 0.6 is 15.9 Å². The Morgan fingerprint density at radius 1 is 1.55 bits per heavy atom. The van der Waals surface area contributed by atoms with Crippen LogP contribution in [0.25, 0.3) is 0 Å². The molecule has 0 saturated carbocycles. The van der Waals surface area contributed by atoms with E-state index in [0.29, 0.717) is 5.71 Å². The van der Waals surface area contributed by atoms with E-state index in [-0.39, 0.29) is 0 Å². The second kappa shape index (κ2) is 3.53. The maximum Gasteiger partial charge on any atom is 0.0837 e. The lowest BCUT2D eigenvalue weighted by atomic mass is 10.1. The number of hydrogen-bond donors (Lipinski definition) is 1. The summed E-state index contributed by atoms with van der Waals surface area (Å²) < 4.78 is 0.984. The molecule has 11 heavy (non-hydrogen) atoms. The van der Waals surface area contributed by atoms with Gasteiger partial charge in [-0.05, 0) is 19.1 Å². The van der Waals surface area contributed by atoms with Crippen molar-refractivity contribution in [1.82, 2.24) is 0 Å². The number of hydrogen-bond acceptors (Lipinski definition) is 2. The fourth-order valence-electron chi connectivity index (χ4n) is 0.771. The van der Waals surface area contributed by atoms with E-state index >= 15 is 0 Å². The lowest BCUT2D eigenvalue weighted by Gasteiger charge is -1.97. The Morgan fingerprint density at radius 2 is 2.27 bits per heavy atom. The van der Waals surface area contributed by atoms with Crippen molar-refractivity contribution in [2.24, 2.45) is 5.16 Å². The van der Waals surface area contributed by atoms with Crippen molar-refractivity contribution in [2.45, 2.75) is 6.92 Å². The maximum atomic E-state index is 8.45. The van der Waals surface area contributed by atoms with E-state index in [1.807, 2.05) is 24.3 Å². The molecule has 0 spiro atoms. The first-order chi connectivity index (χ1) is 5.24. The van der Waals surface area contributed by atoms with Gasteiger partial charge < -0.3 is 5.21 Å². The quantitative estimate of drug-likeness (QED) is 0.435. The van der Waals surface area contributed by atoms with Crippen molar-refractivity contribution in [3.05, 3.63) is 34.3 Å². The molecule has 1 aromatic carbocycles. The Labute approximate surface area is 73.7 Å². The Hall–Kier alpha value is -0.830. The second-order valence-electron chi connectivity index (χ2n) is 2.20. The predicted molar refractivity (Wildman–Crippen MR) is 48.1 cm³/mol. The molecule has 0 heterocycles. The molecule has 0 aliphatic carbocycles. The average molecular weight is 214 g/mol. The zero-order valence-corrected chi connectivity index (χ0v) is 7.67. The minimum absolute atomic E-state index is 0.617. The van der Waals surface area contributed by atoms with Crippen molar-refractivity contribution in [2.75, 3.05) is 0 Å².